The molecule has 1 aliphatic carbocycles. The Labute approximate surface area is 233 Å². The summed E-state index contributed by atoms with van der Waals surface area (Å²) in [6.07, 6.45) is 0. The largest absolute Gasteiger partial charge is 0.228 e. The van der Waals surface area contributed by atoms with E-state index in [0.29, 0.717) is 0 Å². The van der Waals surface area contributed by atoms with Crippen molar-refractivity contribution in [1.82, 2.24) is 9.97 Å². The van der Waals surface area contributed by atoms with Crippen LogP contribution in [0.2, 0.25) is 0 Å². The van der Waals surface area contributed by atoms with Gasteiger partial charge in [-0.25, -0.2) is 9.97 Å². The fourth-order valence-electron chi connectivity index (χ4n) is 5.91. The molecule has 1 aromatic heterocycles. The van der Waals surface area contributed by atoms with Crippen LogP contribution in [0.4, 0.5) is 0 Å². The van der Waals surface area contributed by atoms with Gasteiger partial charge in [0.05, 0.1) is 11.4 Å². The van der Waals surface area contributed by atoms with E-state index in [1.807, 2.05) is 36.4 Å². The smallest absolute Gasteiger partial charge is 0.160 e. The van der Waals surface area contributed by atoms with E-state index in [1.54, 1.807) is 0 Å². The number of benzene rings is 6. The predicted octanol–water partition coefficient (Wildman–Crippen LogP) is 9.95. The Morgan fingerprint density at radius 2 is 0.900 bits per heavy atom. The van der Waals surface area contributed by atoms with Gasteiger partial charge >= 0.3 is 0 Å². The minimum Gasteiger partial charge on any atom is -0.228 e. The number of hydrogen-bond acceptors (Lipinski definition) is 2. The van der Waals surface area contributed by atoms with Gasteiger partial charge in [0.25, 0.3) is 0 Å². The van der Waals surface area contributed by atoms with Crippen molar-refractivity contribution in [3.8, 4) is 67.3 Å². The van der Waals surface area contributed by atoms with Gasteiger partial charge in [-0.1, -0.05) is 121 Å². The van der Waals surface area contributed by atoms with Gasteiger partial charge in [0.1, 0.15) is 0 Å². The summed E-state index contributed by atoms with van der Waals surface area (Å²) in [6.45, 7) is 0. The van der Waals surface area contributed by atoms with E-state index in [4.69, 9.17) is 9.97 Å². The molecule has 8 rings (SSSR count). The zero-order chi connectivity index (χ0) is 26.5. The first-order valence-corrected chi connectivity index (χ1v) is 13.6. The van der Waals surface area contributed by atoms with Crippen LogP contribution < -0.4 is 0 Å². The van der Waals surface area contributed by atoms with Crippen molar-refractivity contribution in [3.63, 3.8) is 0 Å². The van der Waals surface area contributed by atoms with E-state index in [0.717, 1.165) is 33.9 Å². The molecule has 0 aliphatic heterocycles. The maximum Gasteiger partial charge on any atom is 0.160 e. The van der Waals surface area contributed by atoms with Crippen LogP contribution in [0.5, 0.6) is 0 Å². The second kappa shape index (κ2) is 9.14. The van der Waals surface area contributed by atoms with Crippen molar-refractivity contribution in [2.75, 3.05) is 0 Å². The van der Waals surface area contributed by atoms with Gasteiger partial charge in [-0.05, 0) is 68.4 Å². The minimum absolute atomic E-state index is 0.727. The third kappa shape index (κ3) is 3.73. The van der Waals surface area contributed by atoms with Crippen LogP contribution in [0, 0.1) is 0 Å². The van der Waals surface area contributed by atoms with Crippen molar-refractivity contribution in [1.29, 1.82) is 0 Å². The SMILES string of the molecule is c1ccc(-c2cc(-c3cccc(-c4cc5c6c(cccc6c4)-c4ccccc4-5)c3)nc(-c3ccccc3)n2)cc1. The summed E-state index contributed by atoms with van der Waals surface area (Å²) in [6, 6.07) is 51.4. The lowest BCUT2D eigenvalue weighted by atomic mass is 9.95. The van der Waals surface area contributed by atoms with Crippen molar-refractivity contribution >= 4 is 10.8 Å². The monoisotopic (exact) mass is 508 g/mol. The topological polar surface area (TPSA) is 25.8 Å². The quantitative estimate of drug-likeness (QED) is 0.236. The van der Waals surface area contributed by atoms with E-state index in [-0.39, 0.29) is 0 Å². The molecule has 2 heteroatoms. The molecule has 0 radical (unpaired) electrons. The van der Waals surface area contributed by atoms with E-state index in [1.165, 1.54) is 44.2 Å². The van der Waals surface area contributed by atoms with Crippen LogP contribution in [-0.4, -0.2) is 9.97 Å². The van der Waals surface area contributed by atoms with E-state index in [9.17, 15) is 0 Å². The molecule has 0 saturated heterocycles. The van der Waals surface area contributed by atoms with Crippen molar-refractivity contribution in [2.45, 2.75) is 0 Å². The lowest BCUT2D eigenvalue weighted by Crippen LogP contribution is -1.96. The summed E-state index contributed by atoms with van der Waals surface area (Å²) >= 11 is 0. The van der Waals surface area contributed by atoms with Crippen LogP contribution in [0.25, 0.3) is 78.1 Å². The Morgan fingerprint density at radius 1 is 0.325 bits per heavy atom. The number of rotatable bonds is 4. The third-order valence-corrected chi connectivity index (χ3v) is 7.80. The first-order valence-electron chi connectivity index (χ1n) is 13.6. The van der Waals surface area contributed by atoms with Crippen LogP contribution in [0.1, 0.15) is 0 Å². The maximum absolute atomic E-state index is 5.04. The first kappa shape index (κ1) is 22.6. The van der Waals surface area contributed by atoms with E-state index < -0.39 is 0 Å². The fraction of sp³-hybridized carbons (Fsp3) is 0. The summed E-state index contributed by atoms with van der Waals surface area (Å²) in [5.41, 5.74) is 12.6. The molecule has 2 nitrogen and oxygen atoms in total. The molecular formula is C38H24N2. The summed E-state index contributed by atoms with van der Waals surface area (Å²) in [7, 11) is 0. The molecule has 0 atom stereocenters. The lowest BCUT2D eigenvalue weighted by molar-refractivity contribution is 1.18. The van der Waals surface area contributed by atoms with Gasteiger partial charge in [0, 0.05) is 16.7 Å². The fourth-order valence-corrected chi connectivity index (χ4v) is 5.91. The molecule has 0 saturated carbocycles. The first-order chi connectivity index (χ1) is 19.8. The molecule has 0 amide bonds. The highest BCUT2D eigenvalue weighted by Gasteiger charge is 2.21. The van der Waals surface area contributed by atoms with E-state index in [2.05, 4.69) is 109 Å². The molecule has 1 aliphatic rings. The van der Waals surface area contributed by atoms with Gasteiger partial charge in [0.2, 0.25) is 0 Å². The predicted molar refractivity (Wildman–Crippen MR) is 166 cm³/mol. The molecule has 7 aromatic rings. The van der Waals surface area contributed by atoms with Gasteiger partial charge in [-0.2, -0.15) is 0 Å². The molecular weight excluding hydrogens is 484 g/mol. The highest BCUT2D eigenvalue weighted by atomic mass is 14.9. The number of nitrogens with zero attached hydrogens (tertiary/aromatic N) is 2. The normalized spacial score (nSPS) is 11.5. The molecule has 186 valence electrons. The molecule has 0 unspecified atom stereocenters. The molecule has 40 heavy (non-hydrogen) atoms. The van der Waals surface area contributed by atoms with Gasteiger partial charge in [-0.3, -0.25) is 0 Å². The Morgan fingerprint density at radius 3 is 1.68 bits per heavy atom. The summed E-state index contributed by atoms with van der Waals surface area (Å²) < 4.78 is 0. The number of fused-ring (bicyclic) bond motifs is 3. The molecule has 0 N–H and O–H groups in total. The van der Waals surface area contributed by atoms with Crippen molar-refractivity contribution < 1.29 is 0 Å². The van der Waals surface area contributed by atoms with Crippen LogP contribution in [-0.2, 0) is 0 Å². The molecule has 0 bridgehead atoms. The lowest BCUT2D eigenvalue weighted by Gasteiger charge is -2.12. The molecule has 0 spiro atoms. The summed E-state index contributed by atoms with van der Waals surface area (Å²) in [5, 5.41) is 2.62. The van der Waals surface area contributed by atoms with Gasteiger partial charge in [0.15, 0.2) is 5.82 Å². The summed E-state index contributed by atoms with van der Waals surface area (Å²) in [5.74, 6) is 0.727. The highest BCUT2D eigenvalue weighted by molar-refractivity contribution is 6.16. The molecule has 1 heterocycles. The Hall–Kier alpha value is -5.34. The van der Waals surface area contributed by atoms with Crippen LogP contribution >= 0.6 is 0 Å². The summed E-state index contributed by atoms with van der Waals surface area (Å²) in [4.78, 5) is 10.00. The zero-order valence-electron chi connectivity index (χ0n) is 21.8. The number of hydrogen-bond donors (Lipinski definition) is 0. The Kier molecular flexibility index (Phi) is 5.17. The van der Waals surface area contributed by atoms with Gasteiger partial charge in [-0.15, -0.1) is 0 Å². The second-order valence-corrected chi connectivity index (χ2v) is 10.2. The standard InChI is InChI=1S/C38H24N2/c1-3-11-25(12-4-1)35-24-36(40-38(39-35)26-13-5-2-6-14-26)28-16-9-15-27(21-28)30-22-29-17-10-20-33-31-18-7-8-19-32(31)34(23-30)37(29)33/h1-24H. The number of aromatic nitrogens is 2. The van der Waals surface area contributed by atoms with Crippen LogP contribution in [0.15, 0.2) is 146 Å². The molecule has 6 aromatic carbocycles. The molecule has 0 fully saturated rings. The van der Waals surface area contributed by atoms with E-state index >= 15 is 0 Å². The Balaban J connectivity index is 1.29. The van der Waals surface area contributed by atoms with Crippen LogP contribution in [0.3, 0.4) is 0 Å². The van der Waals surface area contributed by atoms with Gasteiger partial charge < -0.3 is 0 Å². The zero-order valence-corrected chi connectivity index (χ0v) is 21.8. The highest BCUT2D eigenvalue weighted by Crippen LogP contribution is 2.48. The average Bonchev–Trinajstić information content (AvgIpc) is 3.36. The Bertz CT molecular complexity index is 1990. The maximum atomic E-state index is 5.04. The minimum atomic E-state index is 0.727. The second-order valence-electron chi connectivity index (χ2n) is 10.2. The average molecular weight is 509 g/mol. The van der Waals surface area contributed by atoms with Crippen molar-refractivity contribution in [2.24, 2.45) is 0 Å². The third-order valence-electron chi connectivity index (χ3n) is 7.80. The van der Waals surface area contributed by atoms with Crippen molar-refractivity contribution in [3.05, 3.63) is 146 Å².